The number of aliphatic hydroxyl groups is 1. The van der Waals surface area contributed by atoms with Crippen LogP contribution in [0.4, 0.5) is 0 Å². The Labute approximate surface area is 101 Å². The van der Waals surface area contributed by atoms with Gasteiger partial charge in [-0.3, -0.25) is 0 Å². The van der Waals surface area contributed by atoms with Gasteiger partial charge in [0.15, 0.2) is 0 Å². The zero-order chi connectivity index (χ0) is 12.5. The van der Waals surface area contributed by atoms with Crippen molar-refractivity contribution in [2.75, 3.05) is 6.26 Å². The van der Waals surface area contributed by atoms with Gasteiger partial charge in [-0.15, -0.1) is 0 Å². The highest BCUT2D eigenvalue weighted by molar-refractivity contribution is 7.90. The quantitative estimate of drug-likeness (QED) is 0.886. The SMILES string of the molecule is CS(=O)(=O)c1ncc(CO)n1C1CCCCC1. The summed E-state index contributed by atoms with van der Waals surface area (Å²) in [7, 11) is -3.33. The summed E-state index contributed by atoms with van der Waals surface area (Å²) in [4.78, 5) is 3.95. The van der Waals surface area contributed by atoms with Crippen LogP contribution in [0.15, 0.2) is 11.4 Å². The van der Waals surface area contributed by atoms with E-state index in [9.17, 15) is 13.5 Å². The van der Waals surface area contributed by atoms with Gasteiger partial charge in [0.25, 0.3) is 0 Å². The maximum Gasteiger partial charge on any atom is 0.227 e. The summed E-state index contributed by atoms with van der Waals surface area (Å²) < 4.78 is 25.0. The Balaban J connectivity index is 2.45. The molecular weight excluding hydrogens is 240 g/mol. The van der Waals surface area contributed by atoms with E-state index in [1.54, 1.807) is 4.57 Å². The lowest BCUT2D eigenvalue weighted by Gasteiger charge is -2.25. The van der Waals surface area contributed by atoms with E-state index in [4.69, 9.17) is 0 Å². The number of sulfone groups is 1. The molecule has 1 aromatic heterocycles. The molecule has 1 saturated carbocycles. The van der Waals surface area contributed by atoms with E-state index < -0.39 is 9.84 Å². The van der Waals surface area contributed by atoms with Crippen molar-refractivity contribution in [3.05, 3.63) is 11.9 Å². The molecule has 6 heteroatoms. The molecule has 0 amide bonds. The highest BCUT2D eigenvalue weighted by Crippen LogP contribution is 2.31. The van der Waals surface area contributed by atoms with Crippen molar-refractivity contribution in [2.24, 2.45) is 0 Å². The predicted molar refractivity (Wildman–Crippen MR) is 63.4 cm³/mol. The molecule has 5 nitrogen and oxygen atoms in total. The first kappa shape index (κ1) is 12.6. The maximum absolute atomic E-state index is 11.7. The van der Waals surface area contributed by atoms with Crippen LogP contribution < -0.4 is 0 Å². The molecule has 1 N–H and O–H groups in total. The van der Waals surface area contributed by atoms with Gasteiger partial charge < -0.3 is 9.67 Å². The van der Waals surface area contributed by atoms with Gasteiger partial charge in [0, 0.05) is 12.3 Å². The normalized spacial score (nSPS) is 18.5. The maximum atomic E-state index is 11.7. The number of nitrogens with zero attached hydrogens (tertiary/aromatic N) is 2. The Morgan fingerprint density at radius 3 is 2.59 bits per heavy atom. The number of aliphatic hydroxyl groups excluding tert-OH is 1. The molecular formula is C11H18N2O3S. The predicted octanol–water partition coefficient (Wildman–Crippen LogP) is 1.28. The summed E-state index contributed by atoms with van der Waals surface area (Å²) in [5.41, 5.74) is 0.595. The monoisotopic (exact) mass is 258 g/mol. The van der Waals surface area contributed by atoms with Gasteiger partial charge in [-0.1, -0.05) is 19.3 Å². The van der Waals surface area contributed by atoms with E-state index in [-0.39, 0.29) is 17.8 Å². The lowest BCUT2D eigenvalue weighted by atomic mass is 9.95. The summed E-state index contributed by atoms with van der Waals surface area (Å²) in [6, 6.07) is 0.165. The minimum absolute atomic E-state index is 0.0912. The van der Waals surface area contributed by atoms with Crippen LogP contribution in [0.3, 0.4) is 0 Å². The standard InChI is InChI=1S/C11H18N2O3S/c1-17(15,16)11-12-7-10(8-14)13(11)9-5-3-2-4-6-9/h7,9,14H,2-6,8H2,1H3. The van der Waals surface area contributed by atoms with Gasteiger partial charge in [0.05, 0.1) is 18.5 Å². The Morgan fingerprint density at radius 1 is 1.41 bits per heavy atom. The van der Waals surface area contributed by atoms with Crippen molar-refractivity contribution < 1.29 is 13.5 Å². The molecule has 0 spiro atoms. The molecule has 0 saturated heterocycles. The molecule has 2 rings (SSSR count). The highest BCUT2D eigenvalue weighted by Gasteiger charge is 2.25. The largest absolute Gasteiger partial charge is 0.390 e. The molecule has 96 valence electrons. The Morgan fingerprint density at radius 2 is 2.06 bits per heavy atom. The fourth-order valence-electron chi connectivity index (χ4n) is 2.50. The van der Waals surface area contributed by atoms with Gasteiger partial charge in [-0.05, 0) is 12.8 Å². The third-order valence-electron chi connectivity index (χ3n) is 3.27. The van der Waals surface area contributed by atoms with Crippen LogP contribution in [0, 0.1) is 0 Å². The van der Waals surface area contributed by atoms with Crippen LogP contribution in [0.5, 0.6) is 0 Å². The van der Waals surface area contributed by atoms with Crippen LogP contribution in [0.25, 0.3) is 0 Å². The lowest BCUT2D eigenvalue weighted by molar-refractivity contribution is 0.251. The molecule has 1 aliphatic rings. The van der Waals surface area contributed by atoms with Crippen LogP contribution in [-0.4, -0.2) is 29.3 Å². The van der Waals surface area contributed by atoms with Crippen LogP contribution in [0.1, 0.15) is 43.8 Å². The average molecular weight is 258 g/mol. The number of imidazole rings is 1. The number of hydrogen-bond acceptors (Lipinski definition) is 4. The second-order valence-electron chi connectivity index (χ2n) is 4.62. The second-order valence-corrected chi connectivity index (χ2v) is 6.53. The zero-order valence-electron chi connectivity index (χ0n) is 9.96. The lowest BCUT2D eigenvalue weighted by Crippen LogP contribution is -2.19. The first-order valence-corrected chi connectivity index (χ1v) is 7.80. The van der Waals surface area contributed by atoms with Crippen molar-refractivity contribution in [3.8, 4) is 0 Å². The first-order valence-electron chi connectivity index (χ1n) is 5.91. The van der Waals surface area contributed by atoms with Crippen LogP contribution in [0.2, 0.25) is 0 Å². The minimum atomic E-state index is -3.33. The second kappa shape index (κ2) is 4.78. The van der Waals surface area contributed by atoms with E-state index in [0.717, 1.165) is 31.9 Å². The molecule has 0 aromatic carbocycles. The minimum Gasteiger partial charge on any atom is -0.390 e. The summed E-state index contributed by atoms with van der Waals surface area (Å²) in [6.07, 6.45) is 7.97. The molecule has 1 fully saturated rings. The third-order valence-corrected chi connectivity index (χ3v) is 4.24. The molecule has 0 aliphatic heterocycles. The number of aromatic nitrogens is 2. The molecule has 1 heterocycles. The number of hydrogen-bond donors (Lipinski definition) is 1. The molecule has 17 heavy (non-hydrogen) atoms. The Kier molecular flexibility index (Phi) is 3.53. The topological polar surface area (TPSA) is 72.2 Å². The fraction of sp³-hybridized carbons (Fsp3) is 0.727. The van der Waals surface area contributed by atoms with E-state index in [0.29, 0.717) is 5.69 Å². The van der Waals surface area contributed by atoms with Crippen molar-refractivity contribution >= 4 is 9.84 Å². The zero-order valence-corrected chi connectivity index (χ0v) is 10.8. The van der Waals surface area contributed by atoms with E-state index >= 15 is 0 Å². The van der Waals surface area contributed by atoms with Crippen molar-refractivity contribution in [1.82, 2.24) is 9.55 Å². The fourth-order valence-corrected chi connectivity index (χ4v) is 3.37. The van der Waals surface area contributed by atoms with Crippen LogP contribution in [-0.2, 0) is 16.4 Å². The Bertz CT molecular complexity index is 487. The summed E-state index contributed by atoms with van der Waals surface area (Å²) in [5, 5.41) is 9.36. The van der Waals surface area contributed by atoms with Gasteiger partial charge >= 0.3 is 0 Å². The van der Waals surface area contributed by atoms with Crippen molar-refractivity contribution in [1.29, 1.82) is 0 Å². The van der Waals surface area contributed by atoms with Gasteiger partial charge in [0.2, 0.25) is 15.0 Å². The molecule has 0 unspecified atom stereocenters. The summed E-state index contributed by atoms with van der Waals surface area (Å²) >= 11 is 0. The van der Waals surface area contributed by atoms with Gasteiger partial charge in [-0.2, -0.15) is 0 Å². The summed E-state index contributed by atoms with van der Waals surface area (Å²) in [5.74, 6) is 0. The Hall–Kier alpha value is -0.880. The molecule has 1 aromatic rings. The first-order chi connectivity index (χ1) is 8.04. The third kappa shape index (κ3) is 2.52. The van der Waals surface area contributed by atoms with Crippen molar-refractivity contribution in [2.45, 2.75) is 49.9 Å². The molecule has 1 aliphatic carbocycles. The highest BCUT2D eigenvalue weighted by atomic mass is 32.2. The van der Waals surface area contributed by atoms with Gasteiger partial charge in [0.1, 0.15) is 0 Å². The molecule has 0 atom stereocenters. The average Bonchev–Trinajstić information content (AvgIpc) is 2.73. The smallest absolute Gasteiger partial charge is 0.227 e. The summed E-state index contributed by atoms with van der Waals surface area (Å²) in [6.45, 7) is -0.168. The van der Waals surface area contributed by atoms with Gasteiger partial charge in [-0.25, -0.2) is 13.4 Å². The molecule has 0 radical (unpaired) electrons. The molecule has 0 bridgehead atoms. The van der Waals surface area contributed by atoms with E-state index in [1.165, 1.54) is 12.6 Å². The van der Waals surface area contributed by atoms with Crippen molar-refractivity contribution in [3.63, 3.8) is 0 Å². The number of rotatable bonds is 3. The van der Waals surface area contributed by atoms with E-state index in [1.807, 2.05) is 0 Å². The van der Waals surface area contributed by atoms with Crippen LogP contribution >= 0.6 is 0 Å². The van der Waals surface area contributed by atoms with E-state index in [2.05, 4.69) is 4.98 Å².